The lowest BCUT2D eigenvalue weighted by atomic mass is 9.70. The fraction of sp³-hybridized carbons (Fsp3) is 0.0172. The summed E-state index contributed by atoms with van der Waals surface area (Å²) in [6.45, 7) is 0. The van der Waals surface area contributed by atoms with Crippen molar-refractivity contribution in [3.8, 4) is 78.7 Å². The first-order chi connectivity index (χ1) is 30.7. The Hall–Kier alpha value is -7.79. The molecule has 3 nitrogen and oxygen atoms in total. The predicted octanol–water partition coefficient (Wildman–Crippen LogP) is 14.9. The molecule has 4 heteroatoms. The van der Waals surface area contributed by atoms with Crippen LogP contribution >= 0.6 is 11.3 Å². The van der Waals surface area contributed by atoms with Crippen molar-refractivity contribution < 1.29 is 0 Å². The minimum atomic E-state index is -0.346. The van der Waals surface area contributed by atoms with Crippen molar-refractivity contribution in [2.75, 3.05) is 0 Å². The van der Waals surface area contributed by atoms with Gasteiger partial charge in [-0.3, -0.25) is 0 Å². The fourth-order valence-corrected chi connectivity index (χ4v) is 11.4. The van der Waals surface area contributed by atoms with Gasteiger partial charge in [-0.1, -0.05) is 194 Å². The highest BCUT2D eigenvalue weighted by Crippen LogP contribution is 2.63. The lowest BCUT2D eigenvalue weighted by Gasteiger charge is -2.30. The highest BCUT2D eigenvalue weighted by molar-refractivity contribution is 7.25. The molecule has 0 aliphatic heterocycles. The van der Waals surface area contributed by atoms with Gasteiger partial charge in [0.05, 0.1) is 5.41 Å². The van der Waals surface area contributed by atoms with E-state index in [4.69, 9.17) is 15.0 Å². The van der Waals surface area contributed by atoms with Crippen molar-refractivity contribution in [1.29, 1.82) is 0 Å². The molecule has 1 spiro atoms. The summed E-state index contributed by atoms with van der Waals surface area (Å²) in [5.74, 6) is 1.93. The molecule has 0 unspecified atom stereocenters. The lowest BCUT2D eigenvalue weighted by molar-refractivity contribution is 0.794. The lowest BCUT2D eigenvalue weighted by Crippen LogP contribution is -2.25. The maximum absolute atomic E-state index is 5.12. The summed E-state index contributed by atoms with van der Waals surface area (Å²) < 4.78 is 2.60. The predicted molar refractivity (Wildman–Crippen MR) is 256 cm³/mol. The zero-order valence-electron chi connectivity index (χ0n) is 33.5. The van der Waals surface area contributed by atoms with Crippen LogP contribution in [0.25, 0.3) is 98.8 Å². The first-order valence-electron chi connectivity index (χ1n) is 21.1. The van der Waals surface area contributed by atoms with Crippen LogP contribution in [0.2, 0.25) is 0 Å². The Bertz CT molecular complexity index is 3520. The van der Waals surface area contributed by atoms with Gasteiger partial charge in [0, 0.05) is 36.9 Å². The van der Waals surface area contributed by atoms with E-state index in [9.17, 15) is 0 Å². The third-order valence-electron chi connectivity index (χ3n) is 13.0. The third kappa shape index (κ3) is 5.14. The molecule has 0 amide bonds. The van der Waals surface area contributed by atoms with Gasteiger partial charge in [-0.25, -0.2) is 15.0 Å². The molecule has 2 heterocycles. The molecule has 0 atom stereocenters. The number of hydrogen-bond donors (Lipinski definition) is 0. The van der Waals surface area contributed by atoms with E-state index in [2.05, 4.69) is 194 Å². The highest BCUT2D eigenvalue weighted by Gasteiger charge is 2.51. The maximum Gasteiger partial charge on any atom is 0.164 e. The van der Waals surface area contributed by atoms with Gasteiger partial charge in [0.2, 0.25) is 0 Å². The SMILES string of the molecule is c1ccc(-c2nc(-c3ccc(-c4ccc5c(c4)-c4ccccc4C54c5ccccc5-c5ccccc54)cc3)nc(-c3ccc(-c4cccc5sc6ccccc6c45)cc3)n2)cc1. The van der Waals surface area contributed by atoms with E-state index >= 15 is 0 Å². The van der Waals surface area contributed by atoms with E-state index in [1.807, 2.05) is 29.5 Å². The summed E-state index contributed by atoms with van der Waals surface area (Å²) in [4.78, 5) is 15.2. The van der Waals surface area contributed by atoms with E-state index in [1.165, 1.54) is 81.4 Å². The molecule has 11 aromatic rings. The van der Waals surface area contributed by atoms with Crippen molar-refractivity contribution in [2.24, 2.45) is 0 Å². The van der Waals surface area contributed by atoms with Crippen LogP contribution in [-0.2, 0) is 5.41 Å². The van der Waals surface area contributed by atoms with Crippen LogP contribution in [0, 0.1) is 0 Å². The van der Waals surface area contributed by atoms with Crippen molar-refractivity contribution in [3.63, 3.8) is 0 Å². The van der Waals surface area contributed by atoms with Crippen molar-refractivity contribution in [1.82, 2.24) is 15.0 Å². The number of fused-ring (bicyclic) bond motifs is 13. The summed E-state index contributed by atoms with van der Waals surface area (Å²) >= 11 is 1.84. The first-order valence-corrected chi connectivity index (χ1v) is 21.9. The van der Waals surface area contributed by atoms with Gasteiger partial charge in [0.1, 0.15) is 0 Å². The monoisotopic (exact) mass is 805 g/mol. The van der Waals surface area contributed by atoms with Crippen LogP contribution in [0.1, 0.15) is 22.3 Å². The van der Waals surface area contributed by atoms with Gasteiger partial charge in [0.25, 0.3) is 0 Å². The average molecular weight is 806 g/mol. The topological polar surface area (TPSA) is 38.7 Å². The Morgan fingerprint density at radius 3 is 1.35 bits per heavy atom. The molecule has 0 radical (unpaired) electrons. The van der Waals surface area contributed by atoms with Crippen LogP contribution < -0.4 is 0 Å². The minimum Gasteiger partial charge on any atom is -0.208 e. The van der Waals surface area contributed by atoms with Crippen LogP contribution in [0.3, 0.4) is 0 Å². The molecule has 0 N–H and O–H groups in total. The second kappa shape index (κ2) is 13.6. The van der Waals surface area contributed by atoms with Crippen molar-refractivity contribution >= 4 is 31.5 Å². The Labute approximate surface area is 363 Å². The molecule has 0 saturated carbocycles. The normalized spacial score (nSPS) is 13.0. The smallest absolute Gasteiger partial charge is 0.164 e. The maximum atomic E-state index is 5.12. The fourth-order valence-electron chi connectivity index (χ4n) is 10.3. The van der Waals surface area contributed by atoms with Crippen LogP contribution in [-0.4, -0.2) is 15.0 Å². The number of thiophene rings is 1. The zero-order valence-corrected chi connectivity index (χ0v) is 34.3. The average Bonchev–Trinajstić information content (AvgIpc) is 3.98. The number of nitrogens with zero attached hydrogens (tertiary/aromatic N) is 3. The van der Waals surface area contributed by atoms with E-state index in [1.54, 1.807) is 0 Å². The molecule has 9 aromatic carbocycles. The van der Waals surface area contributed by atoms with Crippen LogP contribution in [0.5, 0.6) is 0 Å². The molecule has 2 aliphatic rings. The zero-order chi connectivity index (χ0) is 40.8. The van der Waals surface area contributed by atoms with E-state index in [0.717, 1.165) is 22.3 Å². The quantitative estimate of drug-likeness (QED) is 0.174. The standard InChI is InChI=1S/C58H35N3S/c1-2-13-38(14-3-1)55-59-56(61-57(60-55)40-31-27-37(28-32-40)42-19-12-24-53-54(42)46-18-7-11-23-52(46)62-53)39-29-25-36(26-30-39)41-33-34-51-47(35-41)45-17-6-10-22-50(45)58(51)48-20-8-4-15-43(48)44-16-5-9-21-49(44)58/h1-35H. The molecule has 0 fully saturated rings. The van der Waals surface area contributed by atoms with Gasteiger partial charge in [0.15, 0.2) is 17.5 Å². The Morgan fingerprint density at radius 2 is 0.726 bits per heavy atom. The van der Waals surface area contributed by atoms with E-state index < -0.39 is 0 Å². The molecule has 288 valence electrons. The van der Waals surface area contributed by atoms with Crippen LogP contribution in [0.15, 0.2) is 212 Å². The Balaban J connectivity index is 0.880. The molecule has 62 heavy (non-hydrogen) atoms. The number of aromatic nitrogens is 3. The molecular formula is C58H35N3S. The second-order valence-electron chi connectivity index (χ2n) is 16.3. The third-order valence-corrected chi connectivity index (χ3v) is 14.1. The van der Waals surface area contributed by atoms with Crippen molar-refractivity contribution in [2.45, 2.75) is 5.41 Å². The second-order valence-corrected chi connectivity index (χ2v) is 17.3. The van der Waals surface area contributed by atoms with Gasteiger partial charge in [-0.2, -0.15) is 0 Å². The van der Waals surface area contributed by atoms with E-state index in [0.29, 0.717) is 17.5 Å². The Morgan fingerprint density at radius 1 is 0.290 bits per heavy atom. The van der Waals surface area contributed by atoms with Gasteiger partial charge < -0.3 is 0 Å². The number of benzene rings is 9. The summed E-state index contributed by atoms with van der Waals surface area (Å²) in [5.41, 5.74) is 17.8. The minimum absolute atomic E-state index is 0.346. The van der Waals surface area contributed by atoms with E-state index in [-0.39, 0.29) is 5.41 Å². The number of rotatable bonds is 5. The molecule has 2 aromatic heterocycles. The summed E-state index contributed by atoms with van der Waals surface area (Å²) in [6, 6.07) is 76.7. The molecule has 2 aliphatic carbocycles. The largest absolute Gasteiger partial charge is 0.208 e. The summed E-state index contributed by atoms with van der Waals surface area (Å²) in [6.07, 6.45) is 0. The highest BCUT2D eigenvalue weighted by atomic mass is 32.1. The molecule has 0 bridgehead atoms. The van der Waals surface area contributed by atoms with Crippen molar-refractivity contribution in [3.05, 3.63) is 235 Å². The number of hydrogen-bond acceptors (Lipinski definition) is 4. The Kier molecular flexibility index (Phi) is 7.69. The van der Waals surface area contributed by atoms with Gasteiger partial charge >= 0.3 is 0 Å². The van der Waals surface area contributed by atoms with Gasteiger partial charge in [-0.05, 0) is 85.0 Å². The molecular weight excluding hydrogens is 771 g/mol. The summed E-state index contributed by atoms with van der Waals surface area (Å²) in [7, 11) is 0. The summed E-state index contributed by atoms with van der Waals surface area (Å²) in [5, 5.41) is 2.60. The van der Waals surface area contributed by atoms with Gasteiger partial charge in [-0.15, -0.1) is 11.3 Å². The molecule has 0 saturated heterocycles. The van der Waals surface area contributed by atoms with Crippen LogP contribution in [0.4, 0.5) is 0 Å². The molecule has 13 rings (SSSR count). The first kappa shape index (κ1) is 35.0.